The highest BCUT2D eigenvalue weighted by atomic mass is 28.4. The Hall–Kier alpha value is -0.723. The minimum Gasteiger partial charge on any atom is -0.414 e. The fraction of sp³-hybridized carbons (Fsp3) is 0.778. The summed E-state index contributed by atoms with van der Waals surface area (Å²) in [5, 5.41) is 11.7. The summed E-state index contributed by atoms with van der Waals surface area (Å²) >= 11 is 0. The van der Waals surface area contributed by atoms with Crippen molar-refractivity contribution in [1.82, 2.24) is 0 Å². The van der Waals surface area contributed by atoms with Crippen LogP contribution in [-0.2, 0) is 20.3 Å². The number of aliphatic hydroxyl groups is 1. The minimum atomic E-state index is -1.91. The summed E-state index contributed by atoms with van der Waals surface area (Å²) in [5.41, 5.74) is 0.680. The summed E-state index contributed by atoms with van der Waals surface area (Å²) in [5.74, 6) is -0.646. The van der Waals surface area contributed by atoms with E-state index in [-0.39, 0.29) is 16.6 Å². The van der Waals surface area contributed by atoms with Crippen molar-refractivity contribution in [1.29, 1.82) is 0 Å². The summed E-state index contributed by atoms with van der Waals surface area (Å²) in [6.07, 6.45) is 4.18. The van der Waals surface area contributed by atoms with Crippen molar-refractivity contribution in [3.8, 4) is 0 Å². The molecule has 1 aliphatic carbocycles. The molecule has 2 fully saturated rings. The quantitative estimate of drug-likeness (QED) is 0.481. The highest BCUT2D eigenvalue weighted by molar-refractivity contribution is 6.74. The van der Waals surface area contributed by atoms with E-state index in [1.807, 2.05) is 0 Å². The lowest BCUT2D eigenvalue weighted by Crippen LogP contribution is -2.61. The van der Waals surface area contributed by atoms with Crippen LogP contribution < -0.4 is 0 Å². The van der Waals surface area contributed by atoms with Gasteiger partial charge in [-0.15, -0.1) is 0 Å². The van der Waals surface area contributed by atoms with Crippen LogP contribution in [0.2, 0.25) is 18.1 Å². The van der Waals surface area contributed by atoms with Crippen LogP contribution in [0.5, 0.6) is 0 Å². The summed E-state index contributed by atoms with van der Waals surface area (Å²) < 4.78 is 19.1. The molecule has 1 aromatic rings. The van der Waals surface area contributed by atoms with E-state index in [0.29, 0.717) is 13.2 Å². The van der Waals surface area contributed by atoms with E-state index in [4.69, 9.17) is 13.9 Å². The summed E-state index contributed by atoms with van der Waals surface area (Å²) in [6, 6.07) is 10.7. The monoisotopic (exact) mass is 462 g/mol. The molecule has 5 heteroatoms. The van der Waals surface area contributed by atoms with Gasteiger partial charge < -0.3 is 19.0 Å². The molecule has 0 radical (unpaired) electrons. The SMILES string of the molecule is CC1(CCC(Cc2ccccc2)O[Si](C)(C)C(C)(C)C)CCC2(OCCO2)C(C)(C)C1O. The first-order valence-corrected chi connectivity index (χ1v) is 15.3. The van der Waals surface area contributed by atoms with E-state index in [2.05, 4.69) is 85.0 Å². The number of hydrogen-bond donors (Lipinski definition) is 1. The van der Waals surface area contributed by atoms with Gasteiger partial charge in [0.05, 0.1) is 19.3 Å². The van der Waals surface area contributed by atoms with Gasteiger partial charge in [0.25, 0.3) is 0 Å². The standard InChI is InChI=1S/C27H46O4Si/c1-24(2,3)32(7,8)31-22(20-21-12-10-9-11-13-21)14-15-26(6)16-17-27(29-18-19-30-27)25(4,5)23(26)28/h9-13,22-23,28H,14-20H2,1-8H3. The van der Waals surface area contributed by atoms with Crippen molar-refractivity contribution < 1.29 is 19.0 Å². The molecule has 32 heavy (non-hydrogen) atoms. The van der Waals surface area contributed by atoms with Crippen LogP contribution >= 0.6 is 0 Å². The van der Waals surface area contributed by atoms with Crippen molar-refractivity contribution in [2.24, 2.45) is 10.8 Å². The molecule has 0 bridgehead atoms. The second-order valence-electron chi connectivity index (χ2n) is 12.5. The van der Waals surface area contributed by atoms with E-state index >= 15 is 0 Å². The molecular weight excluding hydrogens is 416 g/mol. The first-order chi connectivity index (χ1) is 14.7. The Morgan fingerprint density at radius 2 is 1.66 bits per heavy atom. The average Bonchev–Trinajstić information content (AvgIpc) is 3.19. The van der Waals surface area contributed by atoms with Crippen molar-refractivity contribution in [3.63, 3.8) is 0 Å². The first-order valence-electron chi connectivity index (χ1n) is 12.4. The topological polar surface area (TPSA) is 47.9 Å². The molecule has 1 N–H and O–H groups in total. The lowest BCUT2D eigenvalue weighted by atomic mass is 9.57. The number of rotatable bonds is 7. The van der Waals surface area contributed by atoms with Crippen LogP contribution in [0.3, 0.4) is 0 Å². The molecule has 1 aliphatic heterocycles. The summed E-state index contributed by atoms with van der Waals surface area (Å²) in [6.45, 7) is 19.3. The first kappa shape index (κ1) is 25.9. The van der Waals surface area contributed by atoms with Gasteiger partial charge in [-0.05, 0) is 54.8 Å². The molecule has 1 spiro atoms. The Bertz CT molecular complexity index is 749. The van der Waals surface area contributed by atoms with E-state index in [0.717, 1.165) is 32.1 Å². The zero-order valence-corrected chi connectivity index (χ0v) is 22.7. The minimum absolute atomic E-state index is 0.153. The van der Waals surface area contributed by atoms with Crippen molar-refractivity contribution >= 4 is 8.32 Å². The van der Waals surface area contributed by atoms with Gasteiger partial charge >= 0.3 is 0 Å². The molecule has 4 nitrogen and oxygen atoms in total. The average molecular weight is 463 g/mol. The van der Waals surface area contributed by atoms with Crippen molar-refractivity contribution in [2.75, 3.05) is 13.2 Å². The predicted molar refractivity (Wildman–Crippen MR) is 133 cm³/mol. The molecule has 0 aromatic heterocycles. The molecule has 2 aliphatic rings. The van der Waals surface area contributed by atoms with Crippen LogP contribution in [0.25, 0.3) is 0 Å². The maximum Gasteiger partial charge on any atom is 0.192 e. The third-order valence-electron chi connectivity index (χ3n) is 8.72. The van der Waals surface area contributed by atoms with Crippen LogP contribution in [-0.4, -0.2) is 44.6 Å². The normalized spacial score (nSPS) is 28.7. The van der Waals surface area contributed by atoms with Gasteiger partial charge in [0.1, 0.15) is 0 Å². The number of ether oxygens (including phenoxy) is 2. The molecule has 3 rings (SSSR count). The zero-order valence-electron chi connectivity index (χ0n) is 21.7. The Kier molecular flexibility index (Phi) is 7.40. The van der Waals surface area contributed by atoms with E-state index in [1.54, 1.807) is 0 Å². The third-order valence-corrected chi connectivity index (χ3v) is 13.3. The van der Waals surface area contributed by atoms with Gasteiger partial charge in [-0.25, -0.2) is 0 Å². The van der Waals surface area contributed by atoms with Gasteiger partial charge in [0, 0.05) is 17.9 Å². The lowest BCUT2D eigenvalue weighted by molar-refractivity contribution is -0.297. The van der Waals surface area contributed by atoms with Crippen molar-refractivity contribution in [2.45, 2.75) is 110 Å². The Morgan fingerprint density at radius 3 is 2.22 bits per heavy atom. The lowest BCUT2D eigenvalue weighted by Gasteiger charge is -2.56. The fourth-order valence-electron chi connectivity index (χ4n) is 5.39. The zero-order chi connectivity index (χ0) is 23.8. The summed E-state index contributed by atoms with van der Waals surface area (Å²) in [7, 11) is -1.91. The molecule has 1 saturated carbocycles. The molecule has 1 saturated heterocycles. The Labute approximate surface area is 197 Å². The number of benzene rings is 1. The Balaban J connectivity index is 1.76. The fourth-order valence-corrected chi connectivity index (χ4v) is 6.77. The molecule has 1 heterocycles. The van der Waals surface area contributed by atoms with E-state index < -0.39 is 25.6 Å². The molecule has 3 unspecified atom stereocenters. The maximum atomic E-state index is 11.6. The van der Waals surface area contributed by atoms with Crippen LogP contribution in [0, 0.1) is 10.8 Å². The number of hydrogen-bond acceptors (Lipinski definition) is 4. The predicted octanol–water partition coefficient (Wildman–Crippen LogP) is 6.33. The molecular formula is C27H46O4Si. The van der Waals surface area contributed by atoms with E-state index in [9.17, 15) is 5.11 Å². The van der Waals surface area contributed by atoms with Gasteiger partial charge in [-0.2, -0.15) is 0 Å². The molecule has 3 atom stereocenters. The summed E-state index contributed by atoms with van der Waals surface area (Å²) in [4.78, 5) is 0. The highest BCUT2D eigenvalue weighted by Gasteiger charge is 2.61. The van der Waals surface area contributed by atoms with Crippen LogP contribution in [0.15, 0.2) is 30.3 Å². The van der Waals surface area contributed by atoms with Gasteiger partial charge in [-0.3, -0.25) is 0 Å². The largest absolute Gasteiger partial charge is 0.414 e. The Morgan fingerprint density at radius 1 is 1.06 bits per heavy atom. The smallest absolute Gasteiger partial charge is 0.192 e. The van der Waals surface area contributed by atoms with E-state index in [1.165, 1.54) is 5.56 Å². The van der Waals surface area contributed by atoms with Gasteiger partial charge in [-0.1, -0.05) is 71.9 Å². The second-order valence-corrected chi connectivity index (χ2v) is 17.2. The van der Waals surface area contributed by atoms with Crippen LogP contribution in [0.4, 0.5) is 0 Å². The highest BCUT2D eigenvalue weighted by Crippen LogP contribution is 2.56. The third kappa shape index (κ3) is 5.02. The van der Waals surface area contributed by atoms with Crippen LogP contribution in [0.1, 0.15) is 72.8 Å². The van der Waals surface area contributed by atoms with Gasteiger partial charge in [0.15, 0.2) is 14.1 Å². The van der Waals surface area contributed by atoms with Crippen molar-refractivity contribution in [3.05, 3.63) is 35.9 Å². The van der Waals surface area contributed by atoms with Gasteiger partial charge in [0.2, 0.25) is 0 Å². The number of aliphatic hydroxyl groups excluding tert-OH is 1. The molecule has 1 aromatic carbocycles. The second kappa shape index (κ2) is 9.14. The molecule has 0 amide bonds. The molecule has 182 valence electrons. The maximum absolute atomic E-state index is 11.6.